The van der Waals surface area contributed by atoms with Crippen LogP contribution in [0, 0.1) is 6.92 Å². The minimum Gasteiger partial charge on any atom is -0.354 e. The van der Waals surface area contributed by atoms with Crippen LogP contribution in [0.3, 0.4) is 0 Å². The number of nitrogens with zero attached hydrogens (tertiary/aromatic N) is 1. The third kappa shape index (κ3) is 2.21. The van der Waals surface area contributed by atoms with Gasteiger partial charge < -0.3 is 9.55 Å². The minimum absolute atomic E-state index is 0.0484. The van der Waals surface area contributed by atoms with Crippen molar-refractivity contribution < 1.29 is 0 Å². The first-order valence-corrected chi connectivity index (χ1v) is 13.1. The Bertz CT molecular complexity index is 2160. The second kappa shape index (κ2) is 6.36. The lowest BCUT2D eigenvalue weighted by Gasteiger charge is -2.37. The summed E-state index contributed by atoms with van der Waals surface area (Å²) in [4.78, 5) is 3.75. The molecular weight excluding hydrogens is 447 g/mol. The van der Waals surface area contributed by atoms with Gasteiger partial charge in [-0.2, -0.15) is 0 Å². The Kier molecular flexibility index (Phi) is 3.42. The molecule has 0 aliphatic carbocycles. The zero-order valence-corrected chi connectivity index (χ0v) is 21.1. The van der Waals surface area contributed by atoms with E-state index in [-0.39, 0.29) is 5.41 Å². The summed E-state index contributed by atoms with van der Waals surface area (Å²) in [5.74, 6) is 0. The Morgan fingerprint density at radius 1 is 0.730 bits per heavy atom. The van der Waals surface area contributed by atoms with Crippen molar-refractivity contribution in [1.29, 1.82) is 0 Å². The summed E-state index contributed by atoms with van der Waals surface area (Å²) in [7, 11) is 2.44. The molecule has 2 aliphatic heterocycles. The average Bonchev–Trinajstić information content (AvgIpc) is 3.47. The lowest BCUT2D eigenvalue weighted by Crippen LogP contribution is -2.41. The number of hydrogen-bond donors (Lipinski definition) is 1. The fourth-order valence-corrected chi connectivity index (χ4v) is 7.41. The predicted octanol–water partition coefficient (Wildman–Crippen LogP) is 7.00. The maximum absolute atomic E-state index is 3.75. The maximum atomic E-state index is 3.75. The van der Waals surface area contributed by atoms with Crippen molar-refractivity contribution >= 4 is 61.8 Å². The molecule has 9 rings (SSSR count). The molecule has 37 heavy (non-hydrogen) atoms. The zero-order chi connectivity index (χ0) is 24.6. The van der Waals surface area contributed by atoms with Crippen LogP contribution in [0.1, 0.15) is 30.5 Å². The predicted molar refractivity (Wildman–Crippen MR) is 157 cm³/mol. The van der Waals surface area contributed by atoms with Gasteiger partial charge >= 0.3 is 0 Å². The fourth-order valence-electron chi connectivity index (χ4n) is 7.41. The first kappa shape index (κ1) is 19.9. The monoisotopic (exact) mass is 471 g/mol. The van der Waals surface area contributed by atoms with E-state index in [4.69, 9.17) is 0 Å². The molecule has 0 saturated carbocycles. The minimum atomic E-state index is -0.0484. The van der Waals surface area contributed by atoms with Gasteiger partial charge in [-0.1, -0.05) is 98.2 Å². The molecule has 2 aliphatic rings. The average molecular weight is 471 g/mol. The summed E-state index contributed by atoms with van der Waals surface area (Å²) in [5.41, 5.74) is 15.8. The van der Waals surface area contributed by atoms with Gasteiger partial charge in [-0.25, -0.2) is 0 Å². The van der Waals surface area contributed by atoms with Gasteiger partial charge in [0, 0.05) is 49.2 Å². The Labute approximate surface area is 215 Å². The number of H-pyrrole nitrogens is 1. The number of benzene rings is 5. The molecule has 5 aromatic carbocycles. The summed E-state index contributed by atoms with van der Waals surface area (Å²) >= 11 is 0. The number of para-hydroxylation sites is 4. The van der Waals surface area contributed by atoms with Crippen LogP contribution in [0.25, 0.3) is 60.4 Å². The summed E-state index contributed by atoms with van der Waals surface area (Å²) < 4.78 is 2.59. The number of aromatic nitrogens is 2. The third-order valence-corrected chi connectivity index (χ3v) is 9.06. The van der Waals surface area contributed by atoms with E-state index in [1.54, 1.807) is 0 Å². The van der Waals surface area contributed by atoms with Crippen molar-refractivity contribution in [3.8, 4) is 16.8 Å². The van der Waals surface area contributed by atoms with Crippen LogP contribution in [-0.2, 0) is 5.41 Å². The van der Waals surface area contributed by atoms with E-state index in [0.29, 0.717) is 0 Å². The number of hydrogen-bond acceptors (Lipinski definition) is 0. The maximum Gasteiger partial charge on any atom is 0.197 e. The quantitative estimate of drug-likeness (QED) is 0.249. The van der Waals surface area contributed by atoms with E-state index >= 15 is 0 Å². The smallest absolute Gasteiger partial charge is 0.197 e. The summed E-state index contributed by atoms with van der Waals surface area (Å²) in [5, 5.41) is 5.31. The molecule has 4 heterocycles. The number of aromatic amines is 1. The van der Waals surface area contributed by atoms with Crippen LogP contribution in [0.4, 0.5) is 0 Å². The molecule has 0 amide bonds. The summed E-state index contributed by atoms with van der Waals surface area (Å²) in [6, 6.07) is 31.5. The van der Waals surface area contributed by atoms with E-state index in [0.717, 1.165) is 0 Å². The Morgan fingerprint density at radius 3 is 2.41 bits per heavy atom. The molecule has 1 N–H and O–H groups in total. The second-order valence-electron chi connectivity index (χ2n) is 11.3. The molecule has 0 unspecified atom stereocenters. The van der Waals surface area contributed by atoms with Crippen LogP contribution in [0.15, 0.2) is 84.9 Å². The zero-order valence-electron chi connectivity index (χ0n) is 21.1. The first-order valence-electron chi connectivity index (χ1n) is 13.1. The molecule has 0 spiro atoms. The van der Waals surface area contributed by atoms with Crippen LogP contribution in [0.5, 0.6) is 0 Å². The van der Waals surface area contributed by atoms with Crippen molar-refractivity contribution in [2.75, 3.05) is 0 Å². The number of rotatable bonds is 1. The molecule has 173 valence electrons. The van der Waals surface area contributed by atoms with Gasteiger partial charge in [0.2, 0.25) is 0 Å². The summed E-state index contributed by atoms with van der Waals surface area (Å²) in [6.07, 6.45) is 0. The second-order valence-corrected chi connectivity index (χ2v) is 11.3. The highest BCUT2D eigenvalue weighted by Crippen LogP contribution is 2.48. The van der Waals surface area contributed by atoms with E-state index in [2.05, 4.69) is 123 Å². The van der Waals surface area contributed by atoms with Crippen LogP contribution < -0.4 is 10.9 Å². The van der Waals surface area contributed by atoms with Gasteiger partial charge in [0.25, 0.3) is 0 Å². The number of fused-ring (bicyclic) bond motifs is 4. The van der Waals surface area contributed by atoms with E-state index < -0.39 is 0 Å². The molecule has 0 atom stereocenters. The molecule has 2 aromatic heterocycles. The summed E-state index contributed by atoms with van der Waals surface area (Å²) in [6.45, 7) is 7.04. The van der Waals surface area contributed by atoms with E-state index in [9.17, 15) is 0 Å². The van der Waals surface area contributed by atoms with Gasteiger partial charge in [-0.3, -0.25) is 0 Å². The fraction of sp³-hybridized carbons (Fsp3) is 0.118. The van der Waals surface area contributed by atoms with Gasteiger partial charge in [-0.05, 0) is 40.7 Å². The van der Waals surface area contributed by atoms with Crippen LogP contribution >= 0.6 is 0 Å². The van der Waals surface area contributed by atoms with Crippen molar-refractivity contribution in [3.63, 3.8) is 0 Å². The van der Waals surface area contributed by atoms with Crippen molar-refractivity contribution in [3.05, 3.63) is 102 Å². The molecule has 0 saturated heterocycles. The standard InChI is InChI=1S/C34H24BN2/c1-18-17-23(21-11-6-10-20-19-9-4-5-16-27(19)36-30(20)21)29-33-28(18)22-12-7-13-24-31(22)37(33)32-25(34(24,2)3)14-8-15-26(32)35-29/h4-17,36H,1-3H3. The molecule has 7 aromatic rings. The van der Waals surface area contributed by atoms with Gasteiger partial charge in [0.15, 0.2) is 7.28 Å². The SMILES string of the molecule is Cc1cc(-c2cccc3c2[nH]c2ccccc23)c2c3c1c1cccc4c1n3-c1c(cccc1C4(C)C)[B]2. The highest BCUT2D eigenvalue weighted by molar-refractivity contribution is 6.73. The van der Waals surface area contributed by atoms with E-state index in [1.807, 2.05) is 0 Å². The largest absolute Gasteiger partial charge is 0.354 e. The molecule has 0 fully saturated rings. The Morgan fingerprint density at radius 2 is 1.49 bits per heavy atom. The lowest BCUT2D eigenvalue weighted by molar-refractivity contribution is 0.631. The lowest BCUT2D eigenvalue weighted by atomic mass is 9.57. The topological polar surface area (TPSA) is 20.7 Å². The number of aryl methyl sites for hydroxylation is 1. The first-order chi connectivity index (χ1) is 18.0. The molecule has 0 bridgehead atoms. The molecule has 3 heteroatoms. The van der Waals surface area contributed by atoms with Crippen molar-refractivity contribution in [2.45, 2.75) is 26.2 Å². The highest BCUT2D eigenvalue weighted by atomic mass is 15.0. The molecular formula is C34H24BN2. The van der Waals surface area contributed by atoms with Gasteiger partial charge in [-0.15, -0.1) is 0 Å². The highest BCUT2D eigenvalue weighted by Gasteiger charge is 2.39. The van der Waals surface area contributed by atoms with Crippen molar-refractivity contribution in [2.24, 2.45) is 0 Å². The van der Waals surface area contributed by atoms with E-state index in [1.165, 1.54) is 88.0 Å². The molecule has 1 radical (unpaired) electrons. The van der Waals surface area contributed by atoms with Gasteiger partial charge in [0.05, 0.1) is 11.0 Å². The normalized spacial score (nSPS) is 14.8. The van der Waals surface area contributed by atoms with Gasteiger partial charge in [0.1, 0.15) is 0 Å². The molecule has 2 nitrogen and oxygen atoms in total. The Hall–Kier alpha value is -4.24. The van der Waals surface area contributed by atoms with Crippen molar-refractivity contribution in [1.82, 2.24) is 9.55 Å². The van der Waals surface area contributed by atoms with Crippen LogP contribution in [-0.4, -0.2) is 16.8 Å². The van der Waals surface area contributed by atoms with Crippen LogP contribution in [0.2, 0.25) is 0 Å². The third-order valence-electron chi connectivity index (χ3n) is 9.06. The number of nitrogens with one attached hydrogen (secondary N) is 1. The Balaban J connectivity index is 1.50.